The van der Waals surface area contributed by atoms with E-state index in [9.17, 15) is 13.2 Å². The maximum atomic E-state index is 13.3. The minimum absolute atomic E-state index is 0.00344. The zero-order valence-electron chi connectivity index (χ0n) is 22.1. The fourth-order valence-corrected chi connectivity index (χ4v) is 6.76. The van der Waals surface area contributed by atoms with Gasteiger partial charge in [0, 0.05) is 43.7 Å². The molecule has 1 amide bonds. The van der Waals surface area contributed by atoms with Crippen LogP contribution >= 0.6 is 0 Å². The predicted molar refractivity (Wildman–Crippen MR) is 150 cm³/mol. The molecule has 0 spiro atoms. The third-order valence-electron chi connectivity index (χ3n) is 6.97. The van der Waals surface area contributed by atoms with Gasteiger partial charge < -0.3 is 10.6 Å². The van der Waals surface area contributed by atoms with E-state index in [1.54, 1.807) is 22.5 Å². The van der Waals surface area contributed by atoms with Crippen molar-refractivity contribution in [3.63, 3.8) is 0 Å². The molecule has 4 rings (SSSR count). The molecule has 2 aromatic carbocycles. The molecule has 0 aliphatic carbocycles. The van der Waals surface area contributed by atoms with E-state index in [4.69, 9.17) is 5.73 Å². The highest BCUT2D eigenvalue weighted by Gasteiger charge is 2.29. The molecule has 0 aromatic heterocycles. The number of carbonyl (C=O) groups is 1. The van der Waals surface area contributed by atoms with Gasteiger partial charge >= 0.3 is 0 Å². The molecule has 7 nitrogen and oxygen atoms in total. The first-order valence-corrected chi connectivity index (χ1v) is 14.7. The van der Waals surface area contributed by atoms with Crippen LogP contribution in [0.4, 0.5) is 5.69 Å². The van der Waals surface area contributed by atoms with Crippen molar-refractivity contribution in [2.24, 2.45) is 16.6 Å². The Morgan fingerprint density at radius 3 is 2.54 bits per heavy atom. The zero-order chi connectivity index (χ0) is 26.6. The van der Waals surface area contributed by atoms with Gasteiger partial charge in [-0.05, 0) is 67.0 Å². The van der Waals surface area contributed by atoms with Crippen molar-refractivity contribution in [2.45, 2.75) is 57.8 Å². The quantitative estimate of drug-likeness (QED) is 0.515. The third kappa shape index (κ3) is 6.13. The van der Waals surface area contributed by atoms with E-state index < -0.39 is 10.0 Å². The smallest absolute Gasteiger partial charge is 0.250 e. The largest absolute Gasteiger partial charge is 0.387 e. The Labute approximate surface area is 221 Å². The Balaban J connectivity index is 1.65. The van der Waals surface area contributed by atoms with Gasteiger partial charge in [-0.1, -0.05) is 45.0 Å². The van der Waals surface area contributed by atoms with E-state index in [0.717, 1.165) is 42.4 Å². The van der Waals surface area contributed by atoms with Gasteiger partial charge in [0.15, 0.2) is 0 Å². The van der Waals surface area contributed by atoms with E-state index >= 15 is 0 Å². The Hall–Kier alpha value is -2.97. The fraction of sp³-hybridized carbons (Fsp3) is 0.448. The number of piperidine rings is 1. The van der Waals surface area contributed by atoms with Gasteiger partial charge in [-0.2, -0.15) is 4.31 Å². The number of aliphatic imine (C=N–C) groups is 1. The molecule has 1 fully saturated rings. The van der Waals surface area contributed by atoms with Gasteiger partial charge in [0.25, 0.3) is 0 Å². The number of sulfonamides is 1. The van der Waals surface area contributed by atoms with E-state index in [-0.39, 0.29) is 5.91 Å². The zero-order valence-corrected chi connectivity index (χ0v) is 22.9. The molecule has 0 unspecified atom stereocenters. The lowest BCUT2D eigenvalue weighted by Crippen LogP contribution is -2.39. The number of amidine groups is 1. The van der Waals surface area contributed by atoms with E-state index in [1.807, 2.05) is 35.2 Å². The van der Waals surface area contributed by atoms with Crippen molar-refractivity contribution < 1.29 is 13.2 Å². The van der Waals surface area contributed by atoms with Crippen molar-refractivity contribution in [3.05, 3.63) is 53.6 Å². The summed E-state index contributed by atoms with van der Waals surface area (Å²) in [4.78, 5) is 20.0. The van der Waals surface area contributed by atoms with Crippen molar-refractivity contribution in [1.29, 1.82) is 0 Å². The summed E-state index contributed by atoms with van der Waals surface area (Å²) in [5, 5.41) is 0. The van der Waals surface area contributed by atoms with Gasteiger partial charge in [0.05, 0.1) is 10.6 Å². The second-order valence-corrected chi connectivity index (χ2v) is 12.1. The Morgan fingerprint density at radius 1 is 1.11 bits per heavy atom. The minimum atomic E-state index is -3.56. The van der Waals surface area contributed by atoms with Crippen LogP contribution in [-0.2, 0) is 14.8 Å². The highest BCUT2D eigenvalue weighted by Crippen LogP contribution is 2.33. The number of hydrogen-bond acceptors (Lipinski definition) is 5. The molecule has 2 N–H and O–H groups in total. The number of rotatable bonds is 8. The molecule has 1 saturated heterocycles. The van der Waals surface area contributed by atoms with Gasteiger partial charge in [0.2, 0.25) is 15.9 Å². The Bertz CT molecular complexity index is 1310. The van der Waals surface area contributed by atoms with E-state index in [2.05, 4.69) is 25.8 Å². The van der Waals surface area contributed by atoms with Crippen molar-refractivity contribution in [1.82, 2.24) is 9.21 Å². The van der Waals surface area contributed by atoms with Crippen LogP contribution in [0, 0.1) is 5.92 Å². The van der Waals surface area contributed by atoms with E-state index in [0.29, 0.717) is 60.5 Å². The SMILES string of the molecule is CCCN(CCC)C(=O)C1=Cc2ccc(-c3cccc(S(=O)(=O)N4CCC[C@@H](C)C4)c3)cc2N=C(N)C1. The van der Waals surface area contributed by atoms with Crippen LogP contribution in [0.25, 0.3) is 17.2 Å². The highest BCUT2D eigenvalue weighted by molar-refractivity contribution is 7.89. The molecule has 2 aromatic rings. The maximum Gasteiger partial charge on any atom is 0.250 e. The highest BCUT2D eigenvalue weighted by atomic mass is 32.2. The van der Waals surface area contributed by atoms with Crippen LogP contribution in [0.5, 0.6) is 0 Å². The lowest BCUT2D eigenvalue weighted by Gasteiger charge is -2.30. The average Bonchev–Trinajstić information content (AvgIpc) is 3.05. The van der Waals surface area contributed by atoms with Gasteiger partial charge in [-0.3, -0.25) is 4.79 Å². The first-order chi connectivity index (χ1) is 17.7. The Morgan fingerprint density at radius 2 is 1.84 bits per heavy atom. The molecule has 0 bridgehead atoms. The summed E-state index contributed by atoms with van der Waals surface area (Å²) in [6.07, 6.45) is 5.93. The van der Waals surface area contributed by atoms with Crippen LogP contribution in [-0.4, -0.2) is 55.5 Å². The van der Waals surface area contributed by atoms with Crippen molar-refractivity contribution in [3.8, 4) is 11.1 Å². The summed E-state index contributed by atoms with van der Waals surface area (Å²) >= 11 is 0. The number of hydrogen-bond donors (Lipinski definition) is 1. The molecule has 198 valence electrons. The molecular weight excluding hydrogens is 484 g/mol. The summed E-state index contributed by atoms with van der Waals surface area (Å²) < 4.78 is 28.3. The van der Waals surface area contributed by atoms with Crippen molar-refractivity contribution in [2.75, 3.05) is 26.2 Å². The number of amides is 1. The second kappa shape index (κ2) is 11.6. The first kappa shape index (κ1) is 27.1. The summed E-state index contributed by atoms with van der Waals surface area (Å²) in [7, 11) is -3.56. The van der Waals surface area contributed by atoms with E-state index in [1.165, 1.54) is 0 Å². The topological polar surface area (TPSA) is 96.1 Å². The number of nitrogens with two attached hydrogens (primary N) is 1. The summed E-state index contributed by atoms with van der Waals surface area (Å²) in [5.74, 6) is 0.753. The van der Waals surface area contributed by atoms with Crippen LogP contribution in [0.15, 0.2) is 57.9 Å². The number of carbonyl (C=O) groups excluding carboxylic acids is 1. The standard InChI is InChI=1S/C29H38N4O3S/c1-4-13-32(14-5-2)29(34)25-16-24-12-11-23(18-27(24)31-28(30)19-25)22-9-6-10-26(17-22)37(35,36)33-15-7-8-21(3)20-33/h6,9-12,16-18,21H,4-5,7-8,13-15,19-20H2,1-3H3,(H2,30,31)/t21-/m1/s1. The molecule has 8 heteroatoms. The summed E-state index contributed by atoms with van der Waals surface area (Å²) in [5.41, 5.74) is 10.0. The molecular formula is C29H38N4O3S. The normalized spacial score (nSPS) is 18.4. The van der Waals surface area contributed by atoms with Gasteiger partial charge in [-0.15, -0.1) is 0 Å². The summed E-state index contributed by atoms with van der Waals surface area (Å²) in [6.45, 7) is 8.77. The average molecular weight is 523 g/mol. The van der Waals surface area contributed by atoms with Crippen LogP contribution in [0.2, 0.25) is 0 Å². The first-order valence-electron chi connectivity index (χ1n) is 13.3. The van der Waals surface area contributed by atoms with Crippen molar-refractivity contribution >= 4 is 33.5 Å². The van der Waals surface area contributed by atoms with Gasteiger partial charge in [0.1, 0.15) is 5.84 Å². The molecule has 0 radical (unpaired) electrons. The van der Waals surface area contributed by atoms with Crippen LogP contribution < -0.4 is 5.73 Å². The molecule has 0 saturated carbocycles. The predicted octanol–water partition coefficient (Wildman–Crippen LogP) is 5.20. The lowest BCUT2D eigenvalue weighted by molar-refractivity contribution is -0.127. The molecule has 2 aliphatic heterocycles. The summed E-state index contributed by atoms with van der Waals surface area (Å²) in [6, 6.07) is 12.9. The Kier molecular flexibility index (Phi) is 8.49. The number of nitrogens with zero attached hydrogens (tertiary/aromatic N) is 3. The third-order valence-corrected chi connectivity index (χ3v) is 8.83. The minimum Gasteiger partial charge on any atom is -0.387 e. The number of benzene rings is 2. The maximum absolute atomic E-state index is 13.3. The lowest BCUT2D eigenvalue weighted by atomic mass is 10.0. The fourth-order valence-electron chi connectivity index (χ4n) is 5.12. The molecule has 2 heterocycles. The van der Waals surface area contributed by atoms with Gasteiger partial charge in [-0.25, -0.2) is 13.4 Å². The van der Waals surface area contributed by atoms with Crippen LogP contribution in [0.1, 0.15) is 58.4 Å². The van der Waals surface area contributed by atoms with Crippen LogP contribution in [0.3, 0.4) is 0 Å². The second-order valence-electron chi connectivity index (χ2n) is 10.2. The molecule has 37 heavy (non-hydrogen) atoms. The molecule has 2 aliphatic rings. The number of fused-ring (bicyclic) bond motifs is 1. The monoisotopic (exact) mass is 522 g/mol. The molecule has 1 atom stereocenters.